The maximum absolute atomic E-state index is 12.2. The van der Waals surface area contributed by atoms with Crippen LogP contribution in [0.5, 0.6) is 0 Å². The van der Waals surface area contributed by atoms with E-state index in [1.165, 1.54) is 6.07 Å². The van der Waals surface area contributed by atoms with E-state index in [4.69, 9.17) is 9.47 Å². The quantitative estimate of drug-likeness (QED) is 0.236. The zero-order chi connectivity index (χ0) is 21.3. The topological polar surface area (TPSA) is 107 Å². The Morgan fingerprint density at radius 1 is 0.931 bits per heavy atom. The van der Waals surface area contributed by atoms with Crippen molar-refractivity contribution < 1.29 is 32.0 Å². The molecule has 0 aliphatic carbocycles. The van der Waals surface area contributed by atoms with Crippen LogP contribution in [0.4, 0.5) is 0 Å². The van der Waals surface area contributed by atoms with Crippen LogP contribution in [0.3, 0.4) is 0 Å². The summed E-state index contributed by atoms with van der Waals surface area (Å²) >= 11 is 0. The molecule has 0 heterocycles. The van der Waals surface area contributed by atoms with Crippen molar-refractivity contribution in [3.63, 3.8) is 0 Å². The maximum atomic E-state index is 12.2. The van der Waals surface area contributed by atoms with Gasteiger partial charge >= 0.3 is 63.3 Å². The van der Waals surface area contributed by atoms with E-state index in [9.17, 15) is 22.6 Å². The molecular formula is C20H31KO7S. The monoisotopic (exact) mass is 454 g/mol. The fourth-order valence-corrected chi connectivity index (χ4v) is 3.21. The Morgan fingerprint density at radius 2 is 1.41 bits per heavy atom. The summed E-state index contributed by atoms with van der Waals surface area (Å²) in [5, 5.41) is 0. The van der Waals surface area contributed by atoms with Crippen molar-refractivity contribution in [1.82, 2.24) is 0 Å². The van der Waals surface area contributed by atoms with Crippen LogP contribution in [0.25, 0.3) is 0 Å². The van der Waals surface area contributed by atoms with Crippen LogP contribution in [0.15, 0.2) is 23.1 Å². The van der Waals surface area contributed by atoms with Crippen LogP contribution in [0.1, 0.15) is 74.1 Å². The van der Waals surface area contributed by atoms with Crippen molar-refractivity contribution >= 4 is 73.4 Å². The van der Waals surface area contributed by atoms with Crippen molar-refractivity contribution in [2.75, 3.05) is 13.2 Å². The van der Waals surface area contributed by atoms with Gasteiger partial charge < -0.3 is 9.47 Å². The van der Waals surface area contributed by atoms with Crippen molar-refractivity contribution in [2.45, 2.75) is 58.3 Å². The van der Waals surface area contributed by atoms with Crippen LogP contribution in [-0.4, -0.2) is 89.5 Å². The van der Waals surface area contributed by atoms with Crippen molar-refractivity contribution in [1.29, 1.82) is 0 Å². The number of carbonyl (C=O) groups excluding carboxylic acids is 2. The molecule has 0 unspecified atom stereocenters. The number of rotatable bonds is 11. The zero-order valence-electron chi connectivity index (χ0n) is 16.9. The van der Waals surface area contributed by atoms with Gasteiger partial charge in [-0.15, -0.1) is 0 Å². The van der Waals surface area contributed by atoms with E-state index in [1.54, 1.807) is 0 Å². The van der Waals surface area contributed by atoms with Gasteiger partial charge in [-0.1, -0.05) is 27.7 Å². The molecule has 0 spiro atoms. The SMILES string of the molecule is CC(C)CCCOC(=O)c1ccc(C(=O)OCCCC(C)C)c(S(=O)(=O)O)c1.[KH]. The first-order chi connectivity index (χ1) is 13.0. The summed E-state index contributed by atoms with van der Waals surface area (Å²) in [6.45, 7) is 8.54. The molecule has 1 aromatic carbocycles. The van der Waals surface area contributed by atoms with Gasteiger partial charge in [0.1, 0.15) is 4.90 Å². The van der Waals surface area contributed by atoms with Crippen LogP contribution >= 0.6 is 0 Å². The number of carbonyl (C=O) groups is 2. The van der Waals surface area contributed by atoms with Gasteiger partial charge in [-0.05, 0) is 55.7 Å². The minimum atomic E-state index is -4.72. The predicted octanol–water partition coefficient (Wildman–Crippen LogP) is 3.47. The average molecular weight is 455 g/mol. The molecule has 0 saturated carbocycles. The third-order valence-electron chi connectivity index (χ3n) is 4.03. The molecule has 0 aliphatic rings. The Kier molecular flexibility index (Phi) is 13.8. The molecule has 1 rings (SSSR count). The summed E-state index contributed by atoms with van der Waals surface area (Å²) in [7, 11) is -4.72. The molecule has 7 nitrogen and oxygen atoms in total. The average Bonchev–Trinajstić information content (AvgIpc) is 2.60. The Morgan fingerprint density at radius 3 is 1.86 bits per heavy atom. The van der Waals surface area contributed by atoms with E-state index in [2.05, 4.69) is 13.8 Å². The molecule has 0 radical (unpaired) electrons. The van der Waals surface area contributed by atoms with Gasteiger partial charge in [-0.3, -0.25) is 4.55 Å². The van der Waals surface area contributed by atoms with E-state index in [0.29, 0.717) is 24.7 Å². The number of ether oxygens (including phenoxy) is 2. The fourth-order valence-electron chi connectivity index (χ4n) is 2.51. The van der Waals surface area contributed by atoms with E-state index < -0.39 is 27.0 Å². The second-order valence-electron chi connectivity index (χ2n) is 7.53. The molecule has 0 atom stereocenters. The summed E-state index contributed by atoms with van der Waals surface area (Å²) in [5.74, 6) is -0.646. The zero-order valence-corrected chi connectivity index (χ0v) is 17.8. The van der Waals surface area contributed by atoms with E-state index in [0.717, 1.165) is 25.0 Å². The van der Waals surface area contributed by atoms with Gasteiger partial charge in [0, 0.05) is 0 Å². The predicted molar refractivity (Wildman–Crippen MR) is 112 cm³/mol. The number of benzene rings is 1. The van der Waals surface area contributed by atoms with Crippen LogP contribution < -0.4 is 0 Å². The number of hydrogen-bond donors (Lipinski definition) is 1. The van der Waals surface area contributed by atoms with Gasteiger partial charge in [0.25, 0.3) is 10.1 Å². The summed E-state index contributed by atoms with van der Waals surface area (Å²) in [4.78, 5) is 23.6. The molecule has 1 N–H and O–H groups in total. The Hall–Kier alpha value is -0.294. The summed E-state index contributed by atoms with van der Waals surface area (Å²) < 4.78 is 43.0. The van der Waals surface area contributed by atoms with E-state index >= 15 is 0 Å². The van der Waals surface area contributed by atoms with Crippen LogP contribution in [0, 0.1) is 11.8 Å². The molecule has 29 heavy (non-hydrogen) atoms. The molecule has 0 saturated heterocycles. The normalized spacial score (nSPS) is 11.3. The first kappa shape index (κ1) is 28.7. The molecule has 0 aliphatic heterocycles. The molecule has 0 bridgehead atoms. The van der Waals surface area contributed by atoms with Gasteiger partial charge in [-0.25, -0.2) is 9.59 Å². The van der Waals surface area contributed by atoms with E-state index in [-0.39, 0.29) is 75.7 Å². The third-order valence-corrected chi connectivity index (χ3v) is 4.93. The summed E-state index contributed by atoms with van der Waals surface area (Å²) in [5.41, 5.74) is -0.378. The van der Waals surface area contributed by atoms with Gasteiger partial charge in [0.05, 0.1) is 24.3 Å². The second kappa shape index (κ2) is 13.9. The summed E-state index contributed by atoms with van der Waals surface area (Å²) in [6, 6.07) is 3.37. The van der Waals surface area contributed by atoms with E-state index in [1.807, 2.05) is 13.8 Å². The van der Waals surface area contributed by atoms with Crippen LogP contribution in [-0.2, 0) is 19.6 Å². The fraction of sp³-hybridized carbons (Fsp3) is 0.600. The second-order valence-corrected chi connectivity index (χ2v) is 8.92. The molecular weight excluding hydrogens is 423 g/mol. The molecule has 9 heteroatoms. The molecule has 1 aromatic rings. The molecule has 0 fully saturated rings. The Balaban J connectivity index is 0.00000784. The van der Waals surface area contributed by atoms with Crippen LogP contribution in [0.2, 0.25) is 0 Å². The third kappa shape index (κ3) is 11.0. The van der Waals surface area contributed by atoms with Gasteiger partial charge in [0.2, 0.25) is 0 Å². The Labute approximate surface area is 216 Å². The molecule has 160 valence electrons. The van der Waals surface area contributed by atoms with Crippen molar-refractivity contribution in [2.24, 2.45) is 11.8 Å². The summed E-state index contributed by atoms with van der Waals surface area (Å²) in [6.07, 6.45) is 3.09. The Bertz CT molecular complexity index is 773. The van der Waals surface area contributed by atoms with Gasteiger partial charge in [-0.2, -0.15) is 8.42 Å². The standard InChI is InChI=1S/C20H30O7S.K.H/c1-14(2)7-5-11-26-19(21)16-9-10-17(18(13-16)28(23,24)25)20(22)27-12-6-8-15(3)4;;/h9-10,13-15H,5-8,11-12H2,1-4H3,(H,23,24,25);;. The van der Waals surface area contributed by atoms with Gasteiger partial charge in [0.15, 0.2) is 0 Å². The first-order valence-electron chi connectivity index (χ1n) is 9.48. The minimum absolute atomic E-state index is 0. The number of esters is 2. The molecule has 0 amide bonds. The molecule has 0 aromatic heterocycles. The van der Waals surface area contributed by atoms with Crippen molar-refractivity contribution in [3.8, 4) is 0 Å². The van der Waals surface area contributed by atoms with Crippen molar-refractivity contribution in [3.05, 3.63) is 29.3 Å². The number of hydrogen-bond acceptors (Lipinski definition) is 6. The first-order valence-corrected chi connectivity index (χ1v) is 10.9.